The number of hydrogen-bond donors (Lipinski definition) is 3. The minimum atomic E-state index is -0.616. The Kier molecular flexibility index (Phi) is 5.35. The Hall–Kier alpha value is -2.39. The Labute approximate surface area is 104 Å². The first-order valence-electron chi connectivity index (χ1n) is 5.24. The molecule has 6 nitrogen and oxygen atoms in total. The monoisotopic (exact) mass is 247 g/mol. The third-order valence-electron chi connectivity index (χ3n) is 1.89. The molecule has 0 aromatic carbocycles. The summed E-state index contributed by atoms with van der Waals surface area (Å²) in [4.78, 5) is 26.0. The van der Waals surface area contributed by atoms with E-state index in [2.05, 4.69) is 22.1 Å². The first-order chi connectivity index (χ1) is 8.63. The van der Waals surface area contributed by atoms with E-state index in [-0.39, 0.29) is 13.2 Å². The zero-order valence-corrected chi connectivity index (χ0v) is 9.64. The van der Waals surface area contributed by atoms with Crippen LogP contribution in [-0.4, -0.2) is 35.1 Å². The molecular formula is C12H13N3O3. The maximum absolute atomic E-state index is 11.6. The van der Waals surface area contributed by atoms with Gasteiger partial charge in [0.2, 0.25) is 5.91 Å². The van der Waals surface area contributed by atoms with E-state index < -0.39 is 11.8 Å². The predicted molar refractivity (Wildman–Crippen MR) is 64.3 cm³/mol. The fourth-order valence-corrected chi connectivity index (χ4v) is 1.12. The van der Waals surface area contributed by atoms with E-state index in [1.807, 2.05) is 0 Å². The van der Waals surface area contributed by atoms with Crippen LogP contribution in [0.1, 0.15) is 22.3 Å². The molecule has 6 heteroatoms. The van der Waals surface area contributed by atoms with E-state index in [1.165, 1.54) is 12.4 Å². The third-order valence-corrected chi connectivity index (χ3v) is 1.89. The summed E-state index contributed by atoms with van der Waals surface area (Å²) in [5.74, 6) is 4.43. The molecule has 0 aliphatic rings. The van der Waals surface area contributed by atoms with Crippen molar-refractivity contribution < 1.29 is 14.7 Å². The van der Waals surface area contributed by atoms with E-state index >= 15 is 0 Å². The number of hydrogen-bond acceptors (Lipinski definition) is 4. The van der Waals surface area contributed by atoms with Gasteiger partial charge in [-0.05, 0) is 6.07 Å². The average molecular weight is 247 g/mol. The van der Waals surface area contributed by atoms with Crippen molar-refractivity contribution in [2.75, 3.05) is 13.2 Å². The highest BCUT2D eigenvalue weighted by molar-refractivity contribution is 5.96. The van der Waals surface area contributed by atoms with E-state index in [0.717, 1.165) is 0 Å². The van der Waals surface area contributed by atoms with Crippen LogP contribution in [0.2, 0.25) is 0 Å². The molecule has 2 amide bonds. The fourth-order valence-electron chi connectivity index (χ4n) is 1.12. The van der Waals surface area contributed by atoms with Gasteiger partial charge in [-0.3, -0.25) is 14.6 Å². The van der Waals surface area contributed by atoms with Gasteiger partial charge < -0.3 is 16.2 Å². The molecular weight excluding hydrogens is 234 g/mol. The molecule has 0 spiro atoms. The minimum Gasteiger partial charge on any atom is -0.395 e. The summed E-state index contributed by atoms with van der Waals surface area (Å²) in [5.41, 5.74) is 5.78. The van der Waals surface area contributed by atoms with Gasteiger partial charge in [0.15, 0.2) is 0 Å². The second-order valence-electron chi connectivity index (χ2n) is 3.39. The molecule has 0 saturated carbocycles. The molecule has 94 valence electrons. The van der Waals surface area contributed by atoms with Crippen molar-refractivity contribution in [3.8, 4) is 11.8 Å². The summed E-state index contributed by atoms with van der Waals surface area (Å²) in [6, 6.07) is 1.55. The molecule has 0 aliphatic heterocycles. The highest BCUT2D eigenvalue weighted by Gasteiger charge is 2.06. The molecule has 0 radical (unpaired) electrons. The number of aromatic nitrogens is 1. The lowest BCUT2D eigenvalue weighted by Crippen LogP contribution is -2.33. The van der Waals surface area contributed by atoms with Crippen molar-refractivity contribution in [2.45, 2.75) is 6.42 Å². The maximum Gasteiger partial charge on any atom is 0.253 e. The Morgan fingerprint density at radius 2 is 2.22 bits per heavy atom. The highest BCUT2D eigenvalue weighted by Crippen LogP contribution is 2.01. The summed E-state index contributed by atoms with van der Waals surface area (Å²) in [7, 11) is 0. The number of rotatable bonds is 4. The number of amides is 2. The number of carbonyl (C=O) groups is 2. The third kappa shape index (κ3) is 4.63. The second kappa shape index (κ2) is 7.04. The summed E-state index contributed by atoms with van der Waals surface area (Å²) in [6.45, 7) is -0.238. The van der Waals surface area contributed by atoms with Gasteiger partial charge >= 0.3 is 0 Å². The molecule has 0 saturated heterocycles. The Morgan fingerprint density at radius 1 is 1.44 bits per heavy atom. The number of pyridine rings is 1. The van der Waals surface area contributed by atoms with Crippen LogP contribution in [0.15, 0.2) is 18.5 Å². The lowest BCUT2D eigenvalue weighted by molar-refractivity contribution is -0.117. The van der Waals surface area contributed by atoms with Gasteiger partial charge in [-0.25, -0.2) is 0 Å². The fraction of sp³-hybridized carbons (Fsp3) is 0.250. The zero-order valence-electron chi connectivity index (χ0n) is 9.64. The van der Waals surface area contributed by atoms with Gasteiger partial charge in [0, 0.05) is 24.4 Å². The molecule has 0 atom stereocenters. The molecule has 1 rings (SSSR count). The number of primary amides is 1. The first kappa shape index (κ1) is 13.7. The number of nitrogens with two attached hydrogens (primary N) is 1. The van der Waals surface area contributed by atoms with Gasteiger partial charge in [-0.1, -0.05) is 11.8 Å². The molecule has 1 aromatic heterocycles. The highest BCUT2D eigenvalue weighted by atomic mass is 16.2. The molecule has 0 fully saturated rings. The molecule has 4 N–H and O–H groups in total. The number of nitrogens with one attached hydrogen (secondary N) is 1. The SMILES string of the molecule is NC(=O)CNC(=O)c1cncc(C#CCCO)c1. The van der Waals surface area contributed by atoms with E-state index in [0.29, 0.717) is 17.5 Å². The lowest BCUT2D eigenvalue weighted by Gasteiger charge is -2.02. The summed E-state index contributed by atoms with van der Waals surface area (Å²) < 4.78 is 0. The Bertz CT molecular complexity index is 503. The number of aliphatic hydroxyl groups is 1. The van der Waals surface area contributed by atoms with Crippen molar-refractivity contribution in [2.24, 2.45) is 5.73 Å². The van der Waals surface area contributed by atoms with Gasteiger partial charge in [0.1, 0.15) is 0 Å². The van der Waals surface area contributed by atoms with Gasteiger partial charge in [0.05, 0.1) is 18.7 Å². The average Bonchev–Trinajstić information content (AvgIpc) is 2.36. The summed E-state index contributed by atoms with van der Waals surface area (Å²) >= 11 is 0. The zero-order chi connectivity index (χ0) is 13.4. The van der Waals surface area contributed by atoms with Crippen molar-refractivity contribution in [1.82, 2.24) is 10.3 Å². The molecule has 1 heterocycles. The van der Waals surface area contributed by atoms with Crippen LogP contribution >= 0.6 is 0 Å². The number of aliphatic hydroxyl groups excluding tert-OH is 1. The van der Waals surface area contributed by atoms with Crippen molar-refractivity contribution in [1.29, 1.82) is 0 Å². The summed E-state index contributed by atoms with van der Waals surface area (Å²) in [6.07, 6.45) is 3.24. The largest absolute Gasteiger partial charge is 0.395 e. The van der Waals surface area contributed by atoms with E-state index in [1.54, 1.807) is 6.07 Å². The molecule has 18 heavy (non-hydrogen) atoms. The van der Waals surface area contributed by atoms with Crippen LogP contribution in [0.5, 0.6) is 0 Å². The van der Waals surface area contributed by atoms with Crippen LogP contribution in [0.3, 0.4) is 0 Å². The van der Waals surface area contributed by atoms with Gasteiger partial charge in [-0.15, -0.1) is 0 Å². The smallest absolute Gasteiger partial charge is 0.253 e. The lowest BCUT2D eigenvalue weighted by atomic mass is 10.2. The number of nitrogens with zero attached hydrogens (tertiary/aromatic N) is 1. The van der Waals surface area contributed by atoms with E-state index in [9.17, 15) is 9.59 Å². The number of carbonyl (C=O) groups excluding carboxylic acids is 2. The van der Waals surface area contributed by atoms with Crippen LogP contribution in [0.25, 0.3) is 0 Å². The molecule has 0 bridgehead atoms. The van der Waals surface area contributed by atoms with Crippen molar-refractivity contribution >= 4 is 11.8 Å². The van der Waals surface area contributed by atoms with Crippen LogP contribution in [0, 0.1) is 11.8 Å². The molecule has 0 aliphatic carbocycles. The Balaban J connectivity index is 2.73. The standard InChI is InChI=1S/C12H13N3O3/c13-11(17)8-15-12(18)10-5-9(6-14-7-10)3-1-2-4-16/h5-7,16H,2,4,8H2,(H2,13,17)(H,15,18). The Morgan fingerprint density at radius 3 is 2.89 bits per heavy atom. The second-order valence-corrected chi connectivity index (χ2v) is 3.39. The maximum atomic E-state index is 11.6. The van der Waals surface area contributed by atoms with E-state index in [4.69, 9.17) is 10.8 Å². The summed E-state index contributed by atoms with van der Waals surface area (Å²) in [5, 5.41) is 10.9. The predicted octanol–water partition coefficient (Wildman–Crippen LogP) is -0.969. The van der Waals surface area contributed by atoms with Gasteiger partial charge in [-0.2, -0.15) is 0 Å². The first-order valence-corrected chi connectivity index (χ1v) is 5.24. The van der Waals surface area contributed by atoms with Crippen molar-refractivity contribution in [3.05, 3.63) is 29.6 Å². The van der Waals surface area contributed by atoms with Gasteiger partial charge in [0.25, 0.3) is 5.91 Å². The normalized spacial score (nSPS) is 9.17. The molecule has 1 aromatic rings. The van der Waals surface area contributed by atoms with Crippen molar-refractivity contribution in [3.63, 3.8) is 0 Å². The molecule has 0 unspecified atom stereocenters. The quantitative estimate of drug-likeness (QED) is 0.595. The van der Waals surface area contributed by atoms with Crippen LogP contribution < -0.4 is 11.1 Å². The van der Waals surface area contributed by atoms with Crippen LogP contribution in [-0.2, 0) is 4.79 Å². The minimum absolute atomic E-state index is 0.0147. The van der Waals surface area contributed by atoms with Crippen LogP contribution in [0.4, 0.5) is 0 Å². The topological polar surface area (TPSA) is 105 Å².